The first kappa shape index (κ1) is 16.2. The van der Waals surface area contributed by atoms with Crippen molar-refractivity contribution in [3.63, 3.8) is 0 Å². The summed E-state index contributed by atoms with van der Waals surface area (Å²) >= 11 is 0. The molecule has 1 aliphatic heterocycles. The number of rotatable bonds is 6. The van der Waals surface area contributed by atoms with Gasteiger partial charge in [0.05, 0.1) is 17.9 Å². The topological polar surface area (TPSA) is 24.5 Å². The Morgan fingerprint density at radius 3 is 2.67 bits per heavy atom. The SMILES string of the molecule is CCCCNCc1ccc(F)c(N2CC(C)OC(C)C2)c1. The predicted octanol–water partition coefficient (Wildman–Crippen LogP) is 3.33. The third kappa shape index (κ3) is 4.68. The molecular formula is C17H27FN2O. The molecule has 1 fully saturated rings. The lowest BCUT2D eigenvalue weighted by Crippen LogP contribution is -2.45. The first-order valence-corrected chi connectivity index (χ1v) is 7.99. The van der Waals surface area contributed by atoms with E-state index in [1.165, 1.54) is 12.8 Å². The fourth-order valence-corrected chi connectivity index (χ4v) is 2.82. The van der Waals surface area contributed by atoms with Crippen LogP contribution in [0.25, 0.3) is 0 Å². The van der Waals surface area contributed by atoms with E-state index < -0.39 is 0 Å². The van der Waals surface area contributed by atoms with Crippen LogP contribution in [-0.4, -0.2) is 31.8 Å². The Hall–Kier alpha value is -1.13. The average Bonchev–Trinajstić information content (AvgIpc) is 2.44. The molecule has 3 nitrogen and oxygen atoms in total. The van der Waals surface area contributed by atoms with Crippen LogP contribution in [0.4, 0.5) is 10.1 Å². The quantitative estimate of drug-likeness (QED) is 0.815. The van der Waals surface area contributed by atoms with Gasteiger partial charge >= 0.3 is 0 Å². The molecule has 1 aromatic carbocycles. The molecule has 2 atom stereocenters. The van der Waals surface area contributed by atoms with Crippen molar-refractivity contribution in [2.24, 2.45) is 0 Å². The number of halogens is 1. The Bertz CT molecular complexity index is 442. The Morgan fingerprint density at radius 2 is 2.00 bits per heavy atom. The fourth-order valence-electron chi connectivity index (χ4n) is 2.82. The number of anilines is 1. The van der Waals surface area contributed by atoms with Crippen LogP contribution in [0.3, 0.4) is 0 Å². The van der Waals surface area contributed by atoms with Gasteiger partial charge in [-0.05, 0) is 44.5 Å². The lowest BCUT2D eigenvalue weighted by molar-refractivity contribution is -0.00539. The van der Waals surface area contributed by atoms with Gasteiger partial charge in [-0.25, -0.2) is 4.39 Å². The Morgan fingerprint density at radius 1 is 1.29 bits per heavy atom. The number of ether oxygens (including phenoxy) is 1. The molecule has 0 aliphatic carbocycles. The minimum atomic E-state index is -0.145. The standard InChI is InChI=1S/C17H27FN2O/c1-4-5-8-19-10-15-6-7-16(18)17(9-15)20-11-13(2)21-14(3)12-20/h6-7,9,13-14,19H,4-5,8,10-12H2,1-3H3. The van der Waals surface area contributed by atoms with Crippen LogP contribution in [0.5, 0.6) is 0 Å². The minimum absolute atomic E-state index is 0.138. The first-order valence-electron chi connectivity index (χ1n) is 7.99. The maximum atomic E-state index is 14.1. The summed E-state index contributed by atoms with van der Waals surface area (Å²) in [7, 11) is 0. The Kier molecular flexibility index (Phi) is 6.00. The fraction of sp³-hybridized carbons (Fsp3) is 0.647. The number of nitrogens with one attached hydrogen (secondary N) is 1. The van der Waals surface area contributed by atoms with Gasteiger partial charge in [-0.3, -0.25) is 0 Å². The van der Waals surface area contributed by atoms with Crippen molar-refractivity contribution >= 4 is 5.69 Å². The van der Waals surface area contributed by atoms with Gasteiger partial charge in [-0.1, -0.05) is 19.4 Å². The van der Waals surface area contributed by atoms with E-state index in [9.17, 15) is 4.39 Å². The van der Waals surface area contributed by atoms with Crippen LogP contribution < -0.4 is 10.2 Å². The molecule has 2 rings (SSSR count). The van der Waals surface area contributed by atoms with Crippen LogP contribution in [0, 0.1) is 5.82 Å². The number of hydrogen-bond donors (Lipinski definition) is 1. The molecule has 2 unspecified atom stereocenters. The van der Waals surface area contributed by atoms with Gasteiger partial charge < -0.3 is 15.0 Å². The van der Waals surface area contributed by atoms with E-state index in [1.807, 2.05) is 26.0 Å². The van der Waals surface area contributed by atoms with E-state index in [2.05, 4.69) is 17.1 Å². The van der Waals surface area contributed by atoms with Gasteiger partial charge in [0.25, 0.3) is 0 Å². The summed E-state index contributed by atoms with van der Waals surface area (Å²) in [6.45, 7) is 9.55. The van der Waals surface area contributed by atoms with Crippen molar-refractivity contribution in [3.05, 3.63) is 29.6 Å². The van der Waals surface area contributed by atoms with Crippen LogP contribution in [0.2, 0.25) is 0 Å². The zero-order chi connectivity index (χ0) is 15.2. The molecule has 4 heteroatoms. The zero-order valence-corrected chi connectivity index (χ0v) is 13.4. The highest BCUT2D eigenvalue weighted by Gasteiger charge is 2.24. The summed E-state index contributed by atoms with van der Waals surface area (Å²) in [6.07, 6.45) is 2.64. The summed E-state index contributed by atoms with van der Waals surface area (Å²) in [4.78, 5) is 2.10. The molecule has 0 spiro atoms. The molecular weight excluding hydrogens is 267 g/mol. The highest BCUT2D eigenvalue weighted by atomic mass is 19.1. The molecule has 1 aromatic rings. The van der Waals surface area contributed by atoms with Crippen molar-refractivity contribution in [1.29, 1.82) is 0 Å². The molecule has 0 saturated carbocycles. The molecule has 0 bridgehead atoms. The van der Waals surface area contributed by atoms with Gasteiger partial charge in [0.2, 0.25) is 0 Å². The summed E-state index contributed by atoms with van der Waals surface area (Å²) in [5.74, 6) is -0.145. The summed E-state index contributed by atoms with van der Waals surface area (Å²) in [5, 5.41) is 3.40. The zero-order valence-electron chi connectivity index (χ0n) is 13.4. The highest BCUT2D eigenvalue weighted by Crippen LogP contribution is 2.24. The molecule has 1 heterocycles. The average molecular weight is 294 g/mol. The van der Waals surface area contributed by atoms with Gasteiger partial charge in [-0.2, -0.15) is 0 Å². The molecule has 0 aromatic heterocycles. The van der Waals surface area contributed by atoms with E-state index in [0.717, 1.165) is 31.7 Å². The van der Waals surface area contributed by atoms with Crippen molar-refractivity contribution in [2.45, 2.75) is 52.4 Å². The van der Waals surface area contributed by atoms with E-state index in [4.69, 9.17) is 4.74 Å². The van der Waals surface area contributed by atoms with Crippen molar-refractivity contribution in [2.75, 3.05) is 24.5 Å². The van der Waals surface area contributed by atoms with Crippen LogP contribution in [0.15, 0.2) is 18.2 Å². The first-order chi connectivity index (χ1) is 10.1. The van der Waals surface area contributed by atoms with Crippen LogP contribution in [-0.2, 0) is 11.3 Å². The molecule has 21 heavy (non-hydrogen) atoms. The summed E-state index contributed by atoms with van der Waals surface area (Å²) < 4.78 is 19.9. The van der Waals surface area contributed by atoms with E-state index in [1.54, 1.807) is 6.07 Å². The lowest BCUT2D eigenvalue weighted by atomic mass is 10.1. The van der Waals surface area contributed by atoms with Gasteiger partial charge in [-0.15, -0.1) is 0 Å². The summed E-state index contributed by atoms with van der Waals surface area (Å²) in [6, 6.07) is 5.42. The molecule has 1 saturated heterocycles. The normalized spacial score (nSPS) is 22.6. The van der Waals surface area contributed by atoms with Gasteiger partial charge in [0.1, 0.15) is 5.82 Å². The van der Waals surface area contributed by atoms with Crippen LogP contribution in [0.1, 0.15) is 39.2 Å². The van der Waals surface area contributed by atoms with Gasteiger partial charge in [0.15, 0.2) is 0 Å². The monoisotopic (exact) mass is 294 g/mol. The van der Waals surface area contributed by atoms with Crippen molar-refractivity contribution in [1.82, 2.24) is 5.32 Å². The Balaban J connectivity index is 2.04. The molecule has 0 radical (unpaired) electrons. The molecule has 0 amide bonds. The third-order valence-electron chi connectivity index (χ3n) is 3.81. The largest absolute Gasteiger partial charge is 0.372 e. The van der Waals surface area contributed by atoms with Crippen molar-refractivity contribution < 1.29 is 9.13 Å². The maximum absolute atomic E-state index is 14.1. The van der Waals surface area contributed by atoms with E-state index >= 15 is 0 Å². The Labute approximate surface area is 127 Å². The smallest absolute Gasteiger partial charge is 0.146 e. The van der Waals surface area contributed by atoms with Crippen molar-refractivity contribution in [3.8, 4) is 0 Å². The van der Waals surface area contributed by atoms with E-state index in [0.29, 0.717) is 5.69 Å². The molecule has 1 N–H and O–H groups in total. The second kappa shape index (κ2) is 7.76. The number of unbranched alkanes of at least 4 members (excludes halogenated alkanes) is 1. The second-order valence-corrected chi connectivity index (χ2v) is 5.98. The number of nitrogens with zero attached hydrogens (tertiary/aromatic N) is 1. The minimum Gasteiger partial charge on any atom is -0.372 e. The molecule has 118 valence electrons. The van der Waals surface area contributed by atoms with E-state index in [-0.39, 0.29) is 18.0 Å². The highest BCUT2D eigenvalue weighted by molar-refractivity contribution is 5.50. The maximum Gasteiger partial charge on any atom is 0.146 e. The predicted molar refractivity (Wildman–Crippen MR) is 85.2 cm³/mol. The summed E-state index contributed by atoms with van der Waals surface area (Å²) in [5.41, 5.74) is 1.83. The lowest BCUT2D eigenvalue weighted by Gasteiger charge is -2.37. The number of hydrogen-bond acceptors (Lipinski definition) is 3. The van der Waals surface area contributed by atoms with Crippen LogP contribution >= 0.6 is 0 Å². The third-order valence-corrected chi connectivity index (χ3v) is 3.81. The second-order valence-electron chi connectivity index (χ2n) is 5.98. The molecule has 1 aliphatic rings. The van der Waals surface area contributed by atoms with Gasteiger partial charge in [0, 0.05) is 19.6 Å². The number of benzene rings is 1. The number of morpholine rings is 1.